The topological polar surface area (TPSA) is 84.9 Å². The summed E-state index contributed by atoms with van der Waals surface area (Å²) < 4.78 is 34.2. The highest BCUT2D eigenvalue weighted by molar-refractivity contribution is 7.87. The molecule has 2 rings (SSSR count). The third kappa shape index (κ3) is 6.13. The van der Waals surface area contributed by atoms with E-state index in [1.807, 2.05) is 45.9 Å². The molecule has 164 valence electrons. The number of methoxy groups -OCH3 is 1. The number of anilines is 1. The van der Waals surface area contributed by atoms with Crippen molar-refractivity contribution >= 4 is 21.8 Å². The summed E-state index contributed by atoms with van der Waals surface area (Å²) in [5.41, 5.74) is 3.58. The van der Waals surface area contributed by atoms with Gasteiger partial charge < -0.3 is 19.1 Å². The molecular formula is C22H30N2O5S. The lowest BCUT2D eigenvalue weighted by Crippen LogP contribution is -2.39. The average molecular weight is 435 g/mol. The smallest absolute Gasteiger partial charge is 0.322 e. The summed E-state index contributed by atoms with van der Waals surface area (Å²) in [6.07, 6.45) is 0. The SMILES string of the molecule is CCS(=O)(=O)Oc1cc(CN(C(=O)Nc2ccc(C)cc2C)C(C)C)ccc1OC. The second-order valence-corrected chi connectivity index (χ2v) is 9.24. The highest BCUT2D eigenvalue weighted by Crippen LogP contribution is 2.30. The summed E-state index contributed by atoms with van der Waals surface area (Å²) >= 11 is 0. The minimum Gasteiger partial charge on any atom is -0.493 e. The van der Waals surface area contributed by atoms with Gasteiger partial charge in [0.1, 0.15) is 0 Å². The van der Waals surface area contributed by atoms with Crippen LogP contribution in [0, 0.1) is 13.8 Å². The summed E-state index contributed by atoms with van der Waals surface area (Å²) in [4.78, 5) is 14.6. The molecule has 0 saturated heterocycles. The van der Waals surface area contributed by atoms with Crippen molar-refractivity contribution in [1.29, 1.82) is 0 Å². The monoisotopic (exact) mass is 434 g/mol. The third-order valence-corrected chi connectivity index (χ3v) is 5.80. The van der Waals surface area contributed by atoms with E-state index in [2.05, 4.69) is 5.32 Å². The molecule has 0 bridgehead atoms. The van der Waals surface area contributed by atoms with Crippen LogP contribution in [0.25, 0.3) is 0 Å². The summed E-state index contributed by atoms with van der Waals surface area (Å²) in [7, 11) is -2.26. The lowest BCUT2D eigenvalue weighted by molar-refractivity contribution is 0.193. The Morgan fingerprint density at radius 1 is 1.10 bits per heavy atom. The van der Waals surface area contributed by atoms with Crippen LogP contribution in [0.4, 0.5) is 10.5 Å². The van der Waals surface area contributed by atoms with Gasteiger partial charge >= 0.3 is 16.1 Å². The fourth-order valence-electron chi connectivity index (χ4n) is 2.91. The van der Waals surface area contributed by atoms with E-state index in [0.717, 1.165) is 22.4 Å². The Balaban J connectivity index is 2.26. The zero-order valence-corrected chi connectivity index (χ0v) is 19.2. The van der Waals surface area contributed by atoms with Crippen molar-refractivity contribution in [2.24, 2.45) is 0 Å². The normalized spacial score (nSPS) is 11.3. The van der Waals surface area contributed by atoms with Crippen LogP contribution in [0.5, 0.6) is 11.5 Å². The van der Waals surface area contributed by atoms with Gasteiger partial charge in [0.05, 0.1) is 12.9 Å². The summed E-state index contributed by atoms with van der Waals surface area (Å²) in [5, 5.41) is 2.96. The number of carbonyl (C=O) groups is 1. The lowest BCUT2D eigenvalue weighted by Gasteiger charge is -2.28. The van der Waals surface area contributed by atoms with Gasteiger partial charge in [-0.25, -0.2) is 4.79 Å². The van der Waals surface area contributed by atoms with E-state index in [-0.39, 0.29) is 30.1 Å². The Morgan fingerprint density at radius 3 is 2.37 bits per heavy atom. The van der Waals surface area contributed by atoms with Gasteiger partial charge in [-0.05, 0) is 63.9 Å². The Kier molecular flexibility index (Phi) is 7.72. The van der Waals surface area contributed by atoms with E-state index in [0.29, 0.717) is 5.75 Å². The van der Waals surface area contributed by atoms with E-state index in [1.165, 1.54) is 14.0 Å². The maximum Gasteiger partial charge on any atom is 0.322 e. The second-order valence-electron chi connectivity index (χ2n) is 7.39. The number of benzene rings is 2. The first-order valence-electron chi connectivity index (χ1n) is 9.80. The molecule has 0 aliphatic carbocycles. The van der Waals surface area contributed by atoms with Crippen LogP contribution in [0.2, 0.25) is 0 Å². The molecule has 2 amide bonds. The van der Waals surface area contributed by atoms with Crippen molar-refractivity contribution < 1.29 is 22.1 Å². The number of hydrogen-bond donors (Lipinski definition) is 1. The van der Waals surface area contributed by atoms with Crippen molar-refractivity contribution in [2.45, 2.75) is 47.2 Å². The fourth-order valence-corrected chi connectivity index (χ4v) is 3.43. The molecule has 0 saturated carbocycles. The largest absolute Gasteiger partial charge is 0.493 e. The molecule has 0 aliphatic heterocycles. The molecule has 0 aromatic heterocycles. The van der Waals surface area contributed by atoms with Gasteiger partial charge in [-0.15, -0.1) is 0 Å². The van der Waals surface area contributed by atoms with Crippen LogP contribution in [-0.2, 0) is 16.7 Å². The molecule has 0 heterocycles. The first-order chi connectivity index (χ1) is 14.1. The zero-order chi connectivity index (χ0) is 22.5. The zero-order valence-electron chi connectivity index (χ0n) is 18.4. The maximum absolute atomic E-state index is 12.9. The number of nitrogens with one attached hydrogen (secondary N) is 1. The molecule has 0 unspecified atom stereocenters. The molecule has 7 nitrogen and oxygen atoms in total. The van der Waals surface area contributed by atoms with Gasteiger partial charge in [0.25, 0.3) is 0 Å². The van der Waals surface area contributed by atoms with Crippen molar-refractivity contribution in [2.75, 3.05) is 18.2 Å². The molecule has 8 heteroatoms. The molecule has 2 aromatic carbocycles. The number of urea groups is 1. The van der Waals surface area contributed by atoms with Crippen LogP contribution in [-0.4, -0.2) is 38.3 Å². The molecule has 0 fully saturated rings. The van der Waals surface area contributed by atoms with E-state index in [4.69, 9.17) is 8.92 Å². The first kappa shape index (κ1) is 23.5. The lowest BCUT2D eigenvalue weighted by atomic mass is 10.1. The van der Waals surface area contributed by atoms with Crippen molar-refractivity contribution in [3.8, 4) is 11.5 Å². The van der Waals surface area contributed by atoms with E-state index in [1.54, 1.807) is 23.1 Å². The number of carbonyl (C=O) groups excluding carboxylic acids is 1. The van der Waals surface area contributed by atoms with Gasteiger partial charge in [-0.2, -0.15) is 8.42 Å². The summed E-state index contributed by atoms with van der Waals surface area (Å²) in [5.74, 6) is 0.263. The van der Waals surface area contributed by atoms with Crippen molar-refractivity contribution in [3.63, 3.8) is 0 Å². The summed E-state index contributed by atoms with van der Waals surface area (Å²) in [6, 6.07) is 10.5. The highest BCUT2D eigenvalue weighted by atomic mass is 32.2. The van der Waals surface area contributed by atoms with Crippen LogP contribution >= 0.6 is 0 Å². The Bertz CT molecular complexity index is 1000. The number of aryl methyl sites for hydroxylation is 2. The summed E-state index contributed by atoms with van der Waals surface area (Å²) in [6.45, 7) is 9.57. The molecule has 0 radical (unpaired) electrons. The standard InChI is InChI=1S/C22H30N2O5S/c1-7-30(26,27)29-21-13-18(9-11-20(21)28-6)14-24(15(2)3)22(25)23-19-10-8-16(4)12-17(19)5/h8-13,15H,7,14H2,1-6H3,(H,23,25). The minimum absolute atomic E-state index is 0.0819. The van der Waals surface area contributed by atoms with Crippen molar-refractivity contribution in [1.82, 2.24) is 4.90 Å². The number of nitrogens with zero attached hydrogens (tertiary/aromatic N) is 1. The van der Waals surface area contributed by atoms with E-state index < -0.39 is 10.1 Å². The van der Waals surface area contributed by atoms with Crippen LogP contribution < -0.4 is 14.2 Å². The molecular weight excluding hydrogens is 404 g/mol. The number of rotatable bonds is 8. The van der Waals surface area contributed by atoms with Gasteiger partial charge in [-0.3, -0.25) is 0 Å². The van der Waals surface area contributed by atoms with Crippen LogP contribution in [0.1, 0.15) is 37.5 Å². The molecule has 0 aliphatic rings. The molecule has 1 N–H and O–H groups in total. The predicted octanol–water partition coefficient (Wildman–Crippen LogP) is 4.48. The van der Waals surface area contributed by atoms with E-state index in [9.17, 15) is 13.2 Å². The average Bonchev–Trinajstić information content (AvgIpc) is 2.68. The molecule has 0 spiro atoms. The van der Waals surface area contributed by atoms with Gasteiger partial charge in [-0.1, -0.05) is 23.8 Å². The first-order valence-corrected chi connectivity index (χ1v) is 11.4. The number of hydrogen-bond acceptors (Lipinski definition) is 5. The highest BCUT2D eigenvalue weighted by Gasteiger charge is 2.20. The predicted molar refractivity (Wildman–Crippen MR) is 119 cm³/mol. The minimum atomic E-state index is -3.70. The van der Waals surface area contributed by atoms with Gasteiger partial charge in [0.15, 0.2) is 11.5 Å². The van der Waals surface area contributed by atoms with Crippen LogP contribution in [0.3, 0.4) is 0 Å². The number of amides is 2. The maximum atomic E-state index is 12.9. The van der Waals surface area contributed by atoms with E-state index >= 15 is 0 Å². The third-order valence-electron chi connectivity index (χ3n) is 4.66. The van der Waals surface area contributed by atoms with Crippen molar-refractivity contribution in [3.05, 3.63) is 53.1 Å². The Labute approximate surface area is 179 Å². The molecule has 0 atom stereocenters. The Morgan fingerprint density at radius 2 is 1.80 bits per heavy atom. The second kappa shape index (κ2) is 9.84. The fraction of sp³-hybridized carbons (Fsp3) is 0.409. The quantitative estimate of drug-likeness (QED) is 0.619. The van der Waals surface area contributed by atoms with Crippen LogP contribution in [0.15, 0.2) is 36.4 Å². The molecule has 2 aromatic rings. The number of ether oxygens (including phenoxy) is 1. The Hall–Kier alpha value is -2.74. The molecule has 30 heavy (non-hydrogen) atoms. The van der Waals surface area contributed by atoms with Gasteiger partial charge in [0, 0.05) is 18.3 Å². The van der Waals surface area contributed by atoms with Gasteiger partial charge in [0.2, 0.25) is 0 Å².